The largest absolute Gasteiger partial charge is 0.465 e. The molecule has 0 aliphatic heterocycles. The van der Waals surface area contributed by atoms with Gasteiger partial charge in [0.25, 0.3) is 0 Å². The summed E-state index contributed by atoms with van der Waals surface area (Å²) in [5.74, 6) is 2.56. The second-order valence-electron chi connectivity index (χ2n) is 4.37. The molecule has 0 amide bonds. The molecule has 0 spiro atoms. The molecular formula is C12H20ClNO. The Labute approximate surface area is 97.6 Å². The molecule has 1 aliphatic carbocycles. The smallest absolute Gasteiger partial charge is 0.121 e. The van der Waals surface area contributed by atoms with Crippen molar-refractivity contribution in [2.75, 3.05) is 0 Å². The number of aryl methyl sites for hydroxylation is 1. The Bertz CT molecular complexity index is 292. The van der Waals surface area contributed by atoms with Crippen molar-refractivity contribution in [3.05, 3.63) is 23.7 Å². The van der Waals surface area contributed by atoms with E-state index in [2.05, 4.69) is 0 Å². The summed E-state index contributed by atoms with van der Waals surface area (Å²) in [6.07, 6.45) is 6.57. The van der Waals surface area contributed by atoms with Crippen LogP contribution in [-0.4, -0.2) is 0 Å². The fourth-order valence-corrected chi connectivity index (χ4v) is 2.36. The summed E-state index contributed by atoms with van der Waals surface area (Å²) in [7, 11) is 0. The normalized spacial score (nSPS) is 19.6. The van der Waals surface area contributed by atoms with Crippen molar-refractivity contribution in [2.45, 2.75) is 45.1 Å². The SMILES string of the molecule is Cc1ccc([C@H](N)C2CCCCC2)o1.Cl. The van der Waals surface area contributed by atoms with E-state index in [1.807, 2.05) is 19.1 Å². The molecule has 0 bridgehead atoms. The van der Waals surface area contributed by atoms with Crippen LogP contribution in [0.15, 0.2) is 16.5 Å². The molecule has 2 N–H and O–H groups in total. The lowest BCUT2D eigenvalue weighted by atomic mass is 9.83. The van der Waals surface area contributed by atoms with E-state index in [1.165, 1.54) is 32.1 Å². The second kappa shape index (κ2) is 5.57. The Morgan fingerprint density at radius 2 is 1.93 bits per heavy atom. The van der Waals surface area contributed by atoms with Gasteiger partial charge in [0.15, 0.2) is 0 Å². The maximum Gasteiger partial charge on any atom is 0.121 e. The number of furan rings is 1. The van der Waals surface area contributed by atoms with Gasteiger partial charge in [-0.25, -0.2) is 0 Å². The topological polar surface area (TPSA) is 39.2 Å². The van der Waals surface area contributed by atoms with E-state index in [9.17, 15) is 0 Å². The van der Waals surface area contributed by atoms with Gasteiger partial charge in [-0.05, 0) is 37.8 Å². The summed E-state index contributed by atoms with van der Waals surface area (Å²) in [5, 5.41) is 0. The molecule has 1 saturated carbocycles. The van der Waals surface area contributed by atoms with Crippen LogP contribution in [0.25, 0.3) is 0 Å². The third-order valence-corrected chi connectivity index (χ3v) is 3.25. The zero-order valence-electron chi connectivity index (χ0n) is 9.24. The number of hydrogen-bond donors (Lipinski definition) is 1. The van der Waals surface area contributed by atoms with Crippen molar-refractivity contribution in [1.82, 2.24) is 0 Å². The van der Waals surface area contributed by atoms with Crippen molar-refractivity contribution in [2.24, 2.45) is 11.7 Å². The molecule has 3 heteroatoms. The fourth-order valence-electron chi connectivity index (χ4n) is 2.36. The van der Waals surface area contributed by atoms with Crippen LogP contribution in [0.2, 0.25) is 0 Å². The first kappa shape index (κ1) is 12.6. The van der Waals surface area contributed by atoms with E-state index in [4.69, 9.17) is 10.2 Å². The molecule has 1 aromatic rings. The molecule has 1 aliphatic rings. The summed E-state index contributed by atoms with van der Waals surface area (Å²) < 4.78 is 5.57. The Hall–Kier alpha value is -0.470. The predicted molar refractivity (Wildman–Crippen MR) is 64.2 cm³/mol. The summed E-state index contributed by atoms with van der Waals surface area (Å²) in [4.78, 5) is 0. The van der Waals surface area contributed by atoms with Crippen molar-refractivity contribution in [3.63, 3.8) is 0 Å². The molecular weight excluding hydrogens is 210 g/mol. The average molecular weight is 230 g/mol. The molecule has 86 valence electrons. The van der Waals surface area contributed by atoms with Gasteiger partial charge < -0.3 is 10.2 Å². The maximum atomic E-state index is 6.19. The van der Waals surface area contributed by atoms with E-state index in [0.717, 1.165) is 11.5 Å². The van der Waals surface area contributed by atoms with Crippen molar-refractivity contribution in [1.29, 1.82) is 0 Å². The van der Waals surface area contributed by atoms with Gasteiger partial charge >= 0.3 is 0 Å². The van der Waals surface area contributed by atoms with Crippen LogP contribution >= 0.6 is 12.4 Å². The molecule has 0 saturated heterocycles. The standard InChI is InChI=1S/C12H19NO.ClH/c1-9-7-8-11(14-9)12(13)10-5-3-2-4-6-10;/h7-8,10,12H,2-6,13H2,1H3;1H/t12-;/m1./s1. The quantitative estimate of drug-likeness (QED) is 0.842. The lowest BCUT2D eigenvalue weighted by Gasteiger charge is -2.25. The van der Waals surface area contributed by atoms with Crippen LogP contribution in [-0.2, 0) is 0 Å². The third kappa shape index (κ3) is 2.99. The minimum atomic E-state index is 0. The van der Waals surface area contributed by atoms with Crippen LogP contribution < -0.4 is 5.73 Å². The van der Waals surface area contributed by atoms with E-state index in [0.29, 0.717) is 5.92 Å². The van der Waals surface area contributed by atoms with Crippen LogP contribution in [0.4, 0.5) is 0 Å². The first-order chi connectivity index (χ1) is 6.77. The molecule has 1 atom stereocenters. The maximum absolute atomic E-state index is 6.19. The Morgan fingerprint density at radius 1 is 1.27 bits per heavy atom. The van der Waals surface area contributed by atoms with Gasteiger partial charge in [0, 0.05) is 0 Å². The molecule has 2 rings (SSSR count). The van der Waals surface area contributed by atoms with Crippen LogP contribution in [0.3, 0.4) is 0 Å². The van der Waals surface area contributed by atoms with Crippen molar-refractivity contribution >= 4 is 12.4 Å². The Balaban J connectivity index is 0.00000112. The van der Waals surface area contributed by atoms with E-state index < -0.39 is 0 Å². The Morgan fingerprint density at radius 3 is 2.47 bits per heavy atom. The molecule has 1 heterocycles. The molecule has 2 nitrogen and oxygen atoms in total. The minimum Gasteiger partial charge on any atom is -0.465 e. The summed E-state index contributed by atoms with van der Waals surface area (Å²) >= 11 is 0. The molecule has 15 heavy (non-hydrogen) atoms. The molecule has 1 aromatic heterocycles. The number of halogens is 1. The predicted octanol–water partition coefficient (Wildman–Crippen LogP) is 3.59. The highest BCUT2D eigenvalue weighted by Crippen LogP contribution is 2.33. The molecule has 0 radical (unpaired) electrons. The number of rotatable bonds is 2. The van der Waals surface area contributed by atoms with Crippen molar-refractivity contribution in [3.8, 4) is 0 Å². The zero-order valence-corrected chi connectivity index (χ0v) is 10.1. The first-order valence-electron chi connectivity index (χ1n) is 5.59. The van der Waals surface area contributed by atoms with Crippen LogP contribution in [0, 0.1) is 12.8 Å². The molecule has 0 unspecified atom stereocenters. The monoisotopic (exact) mass is 229 g/mol. The van der Waals surface area contributed by atoms with Gasteiger partial charge in [-0.2, -0.15) is 0 Å². The Kier molecular flexibility index (Phi) is 4.68. The van der Waals surface area contributed by atoms with Gasteiger partial charge in [-0.1, -0.05) is 19.3 Å². The summed E-state index contributed by atoms with van der Waals surface area (Å²) in [6, 6.07) is 4.14. The summed E-state index contributed by atoms with van der Waals surface area (Å²) in [6.45, 7) is 1.97. The molecule has 1 fully saturated rings. The fraction of sp³-hybridized carbons (Fsp3) is 0.667. The van der Waals surface area contributed by atoms with Gasteiger partial charge in [0.1, 0.15) is 11.5 Å². The van der Waals surface area contributed by atoms with E-state index in [1.54, 1.807) is 0 Å². The van der Waals surface area contributed by atoms with Crippen molar-refractivity contribution < 1.29 is 4.42 Å². The zero-order chi connectivity index (χ0) is 9.97. The van der Waals surface area contributed by atoms with Crippen LogP contribution in [0.5, 0.6) is 0 Å². The highest BCUT2D eigenvalue weighted by molar-refractivity contribution is 5.85. The highest BCUT2D eigenvalue weighted by atomic mass is 35.5. The van der Waals surface area contributed by atoms with Gasteiger partial charge in [-0.3, -0.25) is 0 Å². The molecule has 0 aromatic carbocycles. The second-order valence-corrected chi connectivity index (χ2v) is 4.37. The number of nitrogens with two attached hydrogens (primary N) is 1. The van der Waals surface area contributed by atoms with Crippen LogP contribution in [0.1, 0.15) is 49.7 Å². The average Bonchev–Trinajstić information content (AvgIpc) is 2.65. The highest BCUT2D eigenvalue weighted by Gasteiger charge is 2.23. The number of hydrogen-bond acceptors (Lipinski definition) is 2. The van der Waals surface area contributed by atoms with E-state index >= 15 is 0 Å². The lowest BCUT2D eigenvalue weighted by molar-refractivity contribution is 0.278. The van der Waals surface area contributed by atoms with Gasteiger partial charge in [0.2, 0.25) is 0 Å². The third-order valence-electron chi connectivity index (χ3n) is 3.25. The van der Waals surface area contributed by atoms with Gasteiger partial charge in [-0.15, -0.1) is 12.4 Å². The van der Waals surface area contributed by atoms with E-state index in [-0.39, 0.29) is 18.4 Å². The first-order valence-corrected chi connectivity index (χ1v) is 5.59. The van der Waals surface area contributed by atoms with Gasteiger partial charge in [0.05, 0.1) is 6.04 Å². The summed E-state index contributed by atoms with van der Waals surface area (Å²) in [5.41, 5.74) is 6.19. The lowest BCUT2D eigenvalue weighted by Crippen LogP contribution is -2.22. The minimum absolute atomic E-state index is 0.